The van der Waals surface area contributed by atoms with Gasteiger partial charge in [-0.1, -0.05) is 0 Å². The lowest BCUT2D eigenvalue weighted by Gasteiger charge is -2.02. The first-order chi connectivity index (χ1) is 7.77. The van der Waals surface area contributed by atoms with Crippen molar-refractivity contribution < 1.29 is 4.79 Å². The van der Waals surface area contributed by atoms with E-state index in [1.54, 1.807) is 17.2 Å². The first-order valence-electron chi connectivity index (χ1n) is 4.76. The summed E-state index contributed by atoms with van der Waals surface area (Å²) in [6.45, 7) is 0.531. The molecule has 7 heteroatoms. The van der Waals surface area contributed by atoms with Crippen LogP contribution in [0, 0.1) is 0 Å². The third-order valence-corrected chi connectivity index (χ3v) is 2.69. The zero-order chi connectivity index (χ0) is 11.4. The maximum Gasteiger partial charge on any atom is 0.270 e. The second kappa shape index (κ2) is 4.84. The quantitative estimate of drug-likeness (QED) is 0.827. The standard InChI is InChI=1S/C9H11N5OS/c1-14-5-12-13-8(14)2-3-10-9(15)7-4-16-6-11-7/h4-6H,2-3H2,1H3,(H,10,15). The van der Waals surface area contributed by atoms with Crippen molar-refractivity contribution >= 4 is 17.2 Å². The number of aromatic nitrogens is 4. The molecule has 0 atom stereocenters. The lowest BCUT2D eigenvalue weighted by molar-refractivity contribution is 0.0949. The average Bonchev–Trinajstić information content (AvgIpc) is 2.90. The molecule has 0 saturated carbocycles. The first-order valence-corrected chi connectivity index (χ1v) is 5.71. The van der Waals surface area contributed by atoms with Crippen molar-refractivity contribution in [2.75, 3.05) is 6.54 Å². The van der Waals surface area contributed by atoms with Crippen molar-refractivity contribution in [1.29, 1.82) is 0 Å². The maximum absolute atomic E-state index is 11.5. The Hall–Kier alpha value is -1.76. The van der Waals surface area contributed by atoms with Gasteiger partial charge < -0.3 is 9.88 Å². The summed E-state index contributed by atoms with van der Waals surface area (Å²) in [5.74, 6) is 0.696. The summed E-state index contributed by atoms with van der Waals surface area (Å²) in [5.41, 5.74) is 2.10. The molecule has 0 unspecified atom stereocenters. The van der Waals surface area contributed by atoms with E-state index >= 15 is 0 Å². The molecule has 0 bridgehead atoms. The third-order valence-electron chi connectivity index (χ3n) is 2.10. The molecule has 0 aliphatic rings. The third kappa shape index (κ3) is 2.43. The van der Waals surface area contributed by atoms with Crippen molar-refractivity contribution in [2.45, 2.75) is 6.42 Å². The van der Waals surface area contributed by atoms with Crippen molar-refractivity contribution in [3.05, 3.63) is 28.7 Å². The Balaban J connectivity index is 1.81. The average molecular weight is 237 g/mol. The van der Waals surface area contributed by atoms with Gasteiger partial charge in [-0.25, -0.2) is 4.98 Å². The number of hydrogen-bond acceptors (Lipinski definition) is 5. The Morgan fingerprint density at radius 1 is 1.62 bits per heavy atom. The first kappa shape index (κ1) is 10.7. The van der Waals surface area contributed by atoms with Crippen LogP contribution in [-0.4, -0.2) is 32.2 Å². The van der Waals surface area contributed by atoms with Crippen LogP contribution in [0.25, 0.3) is 0 Å². The number of hydrogen-bond donors (Lipinski definition) is 1. The van der Waals surface area contributed by atoms with E-state index in [2.05, 4.69) is 20.5 Å². The number of carbonyl (C=O) groups excluding carboxylic acids is 1. The molecule has 84 valence electrons. The highest BCUT2D eigenvalue weighted by Gasteiger charge is 2.07. The van der Waals surface area contributed by atoms with E-state index in [-0.39, 0.29) is 5.91 Å². The number of thiazole rings is 1. The monoisotopic (exact) mass is 237 g/mol. The van der Waals surface area contributed by atoms with Crippen LogP contribution in [0.1, 0.15) is 16.3 Å². The Labute approximate surface area is 96.3 Å². The summed E-state index contributed by atoms with van der Waals surface area (Å²) in [6, 6.07) is 0. The van der Waals surface area contributed by atoms with Crippen LogP contribution in [0.2, 0.25) is 0 Å². The van der Waals surface area contributed by atoms with Gasteiger partial charge in [0.15, 0.2) is 0 Å². The van der Waals surface area contributed by atoms with Crippen LogP contribution < -0.4 is 5.32 Å². The molecule has 0 radical (unpaired) electrons. The maximum atomic E-state index is 11.5. The molecule has 6 nitrogen and oxygen atoms in total. The second-order valence-electron chi connectivity index (χ2n) is 3.24. The number of nitrogens with one attached hydrogen (secondary N) is 1. The summed E-state index contributed by atoms with van der Waals surface area (Å²) < 4.78 is 1.83. The number of rotatable bonds is 4. The lowest BCUT2D eigenvalue weighted by atomic mass is 10.3. The Morgan fingerprint density at radius 2 is 2.50 bits per heavy atom. The minimum atomic E-state index is -0.150. The van der Waals surface area contributed by atoms with Gasteiger partial charge in [0, 0.05) is 25.4 Å². The van der Waals surface area contributed by atoms with Crippen LogP contribution in [0.3, 0.4) is 0 Å². The summed E-state index contributed by atoms with van der Waals surface area (Å²) in [5, 5.41) is 12.2. The molecule has 1 N–H and O–H groups in total. The fraction of sp³-hybridized carbons (Fsp3) is 0.333. The van der Waals surface area contributed by atoms with E-state index in [1.807, 2.05) is 11.6 Å². The molecule has 1 amide bonds. The number of aryl methyl sites for hydroxylation is 1. The van der Waals surface area contributed by atoms with Crippen molar-refractivity contribution in [1.82, 2.24) is 25.1 Å². The summed E-state index contributed by atoms with van der Waals surface area (Å²) in [6.07, 6.45) is 2.30. The summed E-state index contributed by atoms with van der Waals surface area (Å²) >= 11 is 1.40. The van der Waals surface area contributed by atoms with E-state index in [4.69, 9.17) is 0 Å². The molecule has 0 spiro atoms. The van der Waals surface area contributed by atoms with Gasteiger partial charge in [-0.05, 0) is 0 Å². The molecule has 0 aliphatic heterocycles. The van der Waals surface area contributed by atoms with Gasteiger partial charge in [0.1, 0.15) is 17.8 Å². The highest BCUT2D eigenvalue weighted by atomic mass is 32.1. The molecule has 2 aromatic heterocycles. The van der Waals surface area contributed by atoms with Crippen LogP contribution in [-0.2, 0) is 13.5 Å². The van der Waals surface area contributed by atoms with E-state index in [1.165, 1.54) is 11.3 Å². The second-order valence-corrected chi connectivity index (χ2v) is 3.96. The Kier molecular flexibility index (Phi) is 3.25. The minimum absolute atomic E-state index is 0.150. The number of carbonyl (C=O) groups is 1. The van der Waals surface area contributed by atoms with Gasteiger partial charge in [0.2, 0.25) is 0 Å². The molecule has 0 aliphatic carbocycles. The van der Waals surface area contributed by atoms with Crippen molar-refractivity contribution in [3.63, 3.8) is 0 Å². The summed E-state index contributed by atoms with van der Waals surface area (Å²) in [7, 11) is 1.87. The number of nitrogens with zero attached hydrogens (tertiary/aromatic N) is 4. The predicted octanol–water partition coefficient (Wildman–Crippen LogP) is 0.244. The number of amides is 1. The molecular weight excluding hydrogens is 226 g/mol. The molecular formula is C9H11N5OS. The van der Waals surface area contributed by atoms with Gasteiger partial charge in [0.05, 0.1) is 5.51 Å². The van der Waals surface area contributed by atoms with E-state index in [0.717, 1.165) is 5.82 Å². The Bertz CT molecular complexity index is 464. The normalized spacial score (nSPS) is 10.3. The van der Waals surface area contributed by atoms with Gasteiger partial charge >= 0.3 is 0 Å². The molecule has 2 heterocycles. The van der Waals surface area contributed by atoms with Crippen molar-refractivity contribution in [3.8, 4) is 0 Å². The predicted molar refractivity (Wildman–Crippen MR) is 59.2 cm³/mol. The van der Waals surface area contributed by atoms with Gasteiger partial charge in [-0.2, -0.15) is 0 Å². The van der Waals surface area contributed by atoms with Crippen LogP contribution in [0.5, 0.6) is 0 Å². The topological polar surface area (TPSA) is 72.7 Å². The highest BCUT2D eigenvalue weighted by Crippen LogP contribution is 2.00. The van der Waals surface area contributed by atoms with Gasteiger partial charge in [-0.15, -0.1) is 21.5 Å². The van der Waals surface area contributed by atoms with Crippen LogP contribution in [0.15, 0.2) is 17.2 Å². The van der Waals surface area contributed by atoms with E-state index < -0.39 is 0 Å². The molecule has 0 fully saturated rings. The van der Waals surface area contributed by atoms with Crippen LogP contribution >= 0.6 is 11.3 Å². The Morgan fingerprint density at radius 3 is 3.12 bits per heavy atom. The molecule has 16 heavy (non-hydrogen) atoms. The van der Waals surface area contributed by atoms with E-state index in [9.17, 15) is 4.79 Å². The molecule has 0 aromatic carbocycles. The van der Waals surface area contributed by atoms with E-state index in [0.29, 0.717) is 18.7 Å². The van der Waals surface area contributed by atoms with Gasteiger partial charge in [0.25, 0.3) is 5.91 Å². The molecule has 0 saturated heterocycles. The highest BCUT2D eigenvalue weighted by molar-refractivity contribution is 7.07. The smallest absolute Gasteiger partial charge is 0.270 e. The molecule has 2 aromatic rings. The minimum Gasteiger partial charge on any atom is -0.350 e. The zero-order valence-electron chi connectivity index (χ0n) is 8.75. The lowest BCUT2D eigenvalue weighted by Crippen LogP contribution is -2.26. The van der Waals surface area contributed by atoms with Crippen molar-refractivity contribution in [2.24, 2.45) is 7.05 Å². The largest absolute Gasteiger partial charge is 0.350 e. The fourth-order valence-corrected chi connectivity index (χ4v) is 1.77. The molecule has 2 rings (SSSR count). The fourth-order valence-electron chi connectivity index (χ4n) is 1.24. The summed E-state index contributed by atoms with van der Waals surface area (Å²) in [4.78, 5) is 15.4. The van der Waals surface area contributed by atoms with Gasteiger partial charge in [-0.3, -0.25) is 4.79 Å². The SMILES string of the molecule is Cn1cnnc1CCNC(=O)c1cscn1. The zero-order valence-corrected chi connectivity index (χ0v) is 9.57. The van der Waals surface area contributed by atoms with Crippen LogP contribution in [0.4, 0.5) is 0 Å².